The number of aromatic nitrogens is 2. The third-order valence-electron chi connectivity index (χ3n) is 5.10. The zero-order valence-electron chi connectivity index (χ0n) is 16.6. The van der Waals surface area contributed by atoms with Gasteiger partial charge in [-0.15, -0.1) is 0 Å². The molecular formula is C23H25N5O. The van der Waals surface area contributed by atoms with Gasteiger partial charge >= 0.3 is 0 Å². The summed E-state index contributed by atoms with van der Waals surface area (Å²) in [7, 11) is 0. The Balaban J connectivity index is 1.49. The first-order valence-corrected chi connectivity index (χ1v) is 10.1. The molecule has 0 saturated carbocycles. The second-order valence-corrected chi connectivity index (χ2v) is 7.02. The monoisotopic (exact) mass is 387 g/mol. The standard InChI is InChI=1S/C23H25N5O/c1-2-28(20-8-4-3-5-9-20)22(29)21-14-15-24-23(26-21)25-18-10-12-19(13-11-18)27-16-6-7-17-27/h3-5,8-15H,2,6-7,16-17H2,1H3,(H,24,25,26). The van der Waals surface area contributed by atoms with Crippen molar-refractivity contribution in [2.75, 3.05) is 34.8 Å². The zero-order valence-corrected chi connectivity index (χ0v) is 16.6. The summed E-state index contributed by atoms with van der Waals surface area (Å²) in [5.41, 5.74) is 3.35. The normalized spacial score (nSPS) is 13.3. The van der Waals surface area contributed by atoms with Crippen LogP contribution in [-0.4, -0.2) is 35.5 Å². The molecule has 0 unspecified atom stereocenters. The minimum Gasteiger partial charge on any atom is -0.372 e. The summed E-state index contributed by atoms with van der Waals surface area (Å²) in [6.45, 7) is 4.76. The maximum absolute atomic E-state index is 13.0. The van der Waals surface area contributed by atoms with Crippen LogP contribution in [0.15, 0.2) is 66.9 Å². The van der Waals surface area contributed by atoms with E-state index < -0.39 is 0 Å². The van der Waals surface area contributed by atoms with Crippen LogP contribution in [0, 0.1) is 0 Å². The minimum atomic E-state index is -0.145. The lowest BCUT2D eigenvalue weighted by molar-refractivity contribution is 0.0983. The van der Waals surface area contributed by atoms with Gasteiger partial charge in [-0.3, -0.25) is 4.79 Å². The van der Waals surface area contributed by atoms with Gasteiger partial charge in [-0.05, 0) is 62.2 Å². The molecule has 1 fully saturated rings. The molecule has 4 rings (SSSR count). The molecule has 0 bridgehead atoms. The summed E-state index contributed by atoms with van der Waals surface area (Å²) in [5, 5.41) is 3.20. The highest BCUT2D eigenvalue weighted by Gasteiger charge is 2.18. The van der Waals surface area contributed by atoms with Gasteiger partial charge in [0.25, 0.3) is 5.91 Å². The number of hydrogen-bond donors (Lipinski definition) is 1. The second-order valence-electron chi connectivity index (χ2n) is 7.02. The van der Waals surface area contributed by atoms with Crippen LogP contribution < -0.4 is 15.1 Å². The van der Waals surface area contributed by atoms with Gasteiger partial charge in [-0.25, -0.2) is 9.97 Å². The number of anilines is 4. The highest BCUT2D eigenvalue weighted by atomic mass is 16.2. The summed E-state index contributed by atoms with van der Waals surface area (Å²) in [4.78, 5) is 25.8. The predicted octanol–water partition coefficient (Wildman–Crippen LogP) is 4.49. The minimum absolute atomic E-state index is 0.145. The summed E-state index contributed by atoms with van der Waals surface area (Å²) in [6, 6.07) is 19.5. The molecule has 2 aromatic carbocycles. The van der Waals surface area contributed by atoms with Crippen molar-refractivity contribution in [3.8, 4) is 0 Å². The van der Waals surface area contributed by atoms with Gasteiger partial charge in [-0.2, -0.15) is 0 Å². The lowest BCUT2D eigenvalue weighted by Crippen LogP contribution is -2.31. The molecular weight excluding hydrogens is 362 g/mol. The van der Waals surface area contributed by atoms with Gasteiger partial charge in [0.2, 0.25) is 5.95 Å². The summed E-state index contributed by atoms with van der Waals surface area (Å²) < 4.78 is 0. The lowest BCUT2D eigenvalue weighted by Gasteiger charge is -2.20. The topological polar surface area (TPSA) is 61.4 Å². The van der Waals surface area contributed by atoms with E-state index in [2.05, 4.69) is 32.3 Å². The third-order valence-corrected chi connectivity index (χ3v) is 5.10. The van der Waals surface area contributed by atoms with Crippen molar-refractivity contribution >= 4 is 28.9 Å². The lowest BCUT2D eigenvalue weighted by atomic mass is 10.2. The Kier molecular flexibility index (Phi) is 5.70. The number of amides is 1. The Morgan fingerprint density at radius 2 is 1.76 bits per heavy atom. The van der Waals surface area contributed by atoms with E-state index in [1.54, 1.807) is 17.2 Å². The maximum atomic E-state index is 13.0. The van der Waals surface area contributed by atoms with Gasteiger partial charge in [0.05, 0.1) is 0 Å². The molecule has 1 aliphatic rings. The van der Waals surface area contributed by atoms with Crippen LogP contribution in [0.4, 0.5) is 23.0 Å². The number of hydrogen-bond acceptors (Lipinski definition) is 5. The van der Waals surface area contributed by atoms with E-state index in [0.717, 1.165) is 24.5 Å². The van der Waals surface area contributed by atoms with Crippen molar-refractivity contribution in [3.63, 3.8) is 0 Å². The molecule has 0 atom stereocenters. The summed E-state index contributed by atoms with van der Waals surface area (Å²) in [5.74, 6) is 0.266. The fraction of sp³-hybridized carbons (Fsp3) is 0.261. The molecule has 0 spiro atoms. The first-order chi connectivity index (χ1) is 14.2. The molecule has 1 saturated heterocycles. The average molecular weight is 387 g/mol. The van der Waals surface area contributed by atoms with Gasteiger partial charge < -0.3 is 15.1 Å². The van der Waals surface area contributed by atoms with Crippen LogP contribution in [0.2, 0.25) is 0 Å². The van der Waals surface area contributed by atoms with E-state index in [1.165, 1.54) is 18.5 Å². The van der Waals surface area contributed by atoms with Crippen LogP contribution in [-0.2, 0) is 0 Å². The predicted molar refractivity (Wildman–Crippen MR) is 117 cm³/mol. The number of nitrogens with zero attached hydrogens (tertiary/aromatic N) is 4. The molecule has 6 nitrogen and oxygen atoms in total. The molecule has 3 aromatic rings. The summed E-state index contributed by atoms with van der Waals surface area (Å²) >= 11 is 0. The number of para-hydroxylation sites is 1. The van der Waals surface area contributed by atoms with Crippen molar-refractivity contribution in [2.24, 2.45) is 0 Å². The summed E-state index contributed by atoms with van der Waals surface area (Å²) in [6.07, 6.45) is 4.12. The molecule has 148 valence electrons. The zero-order chi connectivity index (χ0) is 20.1. The third kappa shape index (κ3) is 4.37. The molecule has 1 aliphatic heterocycles. The van der Waals surface area contributed by atoms with Gasteiger partial charge in [-0.1, -0.05) is 18.2 Å². The fourth-order valence-electron chi connectivity index (χ4n) is 3.59. The number of carbonyl (C=O) groups excluding carboxylic acids is 1. The quantitative estimate of drug-likeness (QED) is 0.675. The fourth-order valence-corrected chi connectivity index (χ4v) is 3.59. The molecule has 29 heavy (non-hydrogen) atoms. The van der Waals surface area contributed by atoms with Crippen molar-refractivity contribution in [2.45, 2.75) is 19.8 Å². The van der Waals surface area contributed by atoms with Crippen LogP contribution in [0.25, 0.3) is 0 Å². The van der Waals surface area contributed by atoms with Crippen molar-refractivity contribution in [1.29, 1.82) is 0 Å². The largest absolute Gasteiger partial charge is 0.372 e. The van der Waals surface area contributed by atoms with Gasteiger partial charge in [0.1, 0.15) is 5.69 Å². The van der Waals surface area contributed by atoms with Gasteiger partial charge in [0.15, 0.2) is 0 Å². The molecule has 0 radical (unpaired) electrons. The first-order valence-electron chi connectivity index (χ1n) is 10.1. The number of nitrogens with one attached hydrogen (secondary N) is 1. The SMILES string of the molecule is CCN(C(=O)c1ccnc(Nc2ccc(N3CCCC3)cc2)n1)c1ccccc1. The Bertz CT molecular complexity index is 953. The maximum Gasteiger partial charge on any atom is 0.277 e. The smallest absolute Gasteiger partial charge is 0.277 e. The van der Waals surface area contributed by atoms with Crippen LogP contribution in [0.5, 0.6) is 0 Å². The van der Waals surface area contributed by atoms with Crippen molar-refractivity contribution in [1.82, 2.24) is 9.97 Å². The van der Waals surface area contributed by atoms with E-state index in [1.807, 2.05) is 49.4 Å². The van der Waals surface area contributed by atoms with Crippen molar-refractivity contribution in [3.05, 3.63) is 72.6 Å². The van der Waals surface area contributed by atoms with E-state index in [4.69, 9.17) is 0 Å². The van der Waals surface area contributed by atoms with Crippen LogP contribution in [0.3, 0.4) is 0 Å². The van der Waals surface area contributed by atoms with E-state index in [9.17, 15) is 4.79 Å². The average Bonchev–Trinajstić information content (AvgIpc) is 3.31. The number of benzene rings is 2. The second kappa shape index (κ2) is 8.73. The Hall–Kier alpha value is -3.41. The van der Waals surface area contributed by atoms with Crippen LogP contribution in [0.1, 0.15) is 30.3 Å². The molecule has 1 amide bonds. The first kappa shape index (κ1) is 18.9. The molecule has 2 heterocycles. The molecule has 0 aliphatic carbocycles. The van der Waals surface area contributed by atoms with E-state index in [-0.39, 0.29) is 5.91 Å². The van der Waals surface area contributed by atoms with Gasteiger partial charge in [0, 0.05) is 42.9 Å². The highest BCUT2D eigenvalue weighted by Crippen LogP contribution is 2.23. The van der Waals surface area contributed by atoms with E-state index in [0.29, 0.717) is 18.2 Å². The number of carbonyl (C=O) groups is 1. The molecule has 6 heteroatoms. The molecule has 1 N–H and O–H groups in total. The highest BCUT2D eigenvalue weighted by molar-refractivity contribution is 6.04. The Morgan fingerprint density at radius 3 is 2.45 bits per heavy atom. The Morgan fingerprint density at radius 1 is 1.03 bits per heavy atom. The van der Waals surface area contributed by atoms with E-state index >= 15 is 0 Å². The Labute approximate surface area is 171 Å². The van der Waals surface area contributed by atoms with Crippen LogP contribution >= 0.6 is 0 Å². The number of rotatable bonds is 6. The molecule has 1 aromatic heterocycles. The van der Waals surface area contributed by atoms with Crippen molar-refractivity contribution < 1.29 is 4.79 Å².